The Bertz CT molecular complexity index is 1000. The standard InChI is InChI=1S/C25H26BF3NO.Na/c1-3-24(19-7-5-4-6-8-19)25(20-9-13-22(14-10-20)26(27,28)29)21-11-15-23(16-12-21)31-18-17-30-2;/h4-16,30H,3,17-18H2,1-2H3;/q-1;+1/b25-24-;. The topological polar surface area (TPSA) is 21.3 Å². The van der Waals surface area contributed by atoms with Crippen molar-refractivity contribution in [3.8, 4) is 5.75 Å². The van der Waals surface area contributed by atoms with Gasteiger partial charge < -0.3 is 23.0 Å². The monoisotopic (exact) mass is 447 g/mol. The average Bonchev–Trinajstić information content (AvgIpc) is 2.78. The van der Waals surface area contributed by atoms with Crippen LogP contribution in [0.25, 0.3) is 11.1 Å². The van der Waals surface area contributed by atoms with Crippen molar-refractivity contribution in [1.29, 1.82) is 0 Å². The minimum atomic E-state index is -5.02. The molecule has 0 aromatic heterocycles. The number of hydrogen-bond acceptors (Lipinski definition) is 2. The van der Waals surface area contributed by atoms with E-state index in [1.807, 2.05) is 61.6 Å². The van der Waals surface area contributed by atoms with Crippen LogP contribution in [0.1, 0.15) is 30.0 Å². The smallest absolute Gasteiger partial charge is 0.492 e. The van der Waals surface area contributed by atoms with Crippen molar-refractivity contribution in [2.75, 3.05) is 20.2 Å². The number of benzene rings is 3. The third-order valence-corrected chi connectivity index (χ3v) is 5.12. The molecule has 0 atom stereocenters. The molecule has 0 amide bonds. The van der Waals surface area contributed by atoms with Crippen molar-refractivity contribution >= 4 is 23.6 Å². The van der Waals surface area contributed by atoms with Crippen molar-refractivity contribution in [2.45, 2.75) is 13.3 Å². The second-order valence-electron chi connectivity index (χ2n) is 7.25. The Labute approximate surface area is 210 Å². The fourth-order valence-corrected chi connectivity index (χ4v) is 3.54. The van der Waals surface area contributed by atoms with Crippen molar-refractivity contribution < 1.29 is 47.2 Å². The van der Waals surface area contributed by atoms with Gasteiger partial charge in [0.15, 0.2) is 0 Å². The summed E-state index contributed by atoms with van der Waals surface area (Å²) in [7, 11) is 1.87. The molecular weight excluding hydrogens is 421 g/mol. The van der Waals surface area contributed by atoms with Gasteiger partial charge in [-0.1, -0.05) is 73.7 Å². The van der Waals surface area contributed by atoms with E-state index in [9.17, 15) is 12.9 Å². The van der Waals surface area contributed by atoms with E-state index in [0.717, 1.165) is 46.6 Å². The van der Waals surface area contributed by atoms with Crippen LogP contribution >= 0.6 is 0 Å². The molecular formula is C25H26BF3NNaO. The number of hydrogen-bond donors (Lipinski definition) is 1. The molecule has 3 rings (SSSR count). The number of rotatable bonds is 9. The molecule has 0 aliphatic rings. The van der Waals surface area contributed by atoms with Gasteiger partial charge in [0.25, 0.3) is 0 Å². The van der Waals surface area contributed by atoms with Gasteiger partial charge >= 0.3 is 36.5 Å². The number of allylic oxidation sites excluding steroid dienone is 1. The van der Waals surface area contributed by atoms with E-state index in [2.05, 4.69) is 12.2 Å². The summed E-state index contributed by atoms with van der Waals surface area (Å²) in [6, 6.07) is 23.1. The summed E-state index contributed by atoms with van der Waals surface area (Å²) in [6.07, 6.45) is 0.741. The first-order valence-electron chi connectivity index (χ1n) is 10.4. The van der Waals surface area contributed by atoms with E-state index in [-0.39, 0.29) is 29.6 Å². The zero-order valence-electron chi connectivity index (χ0n) is 18.7. The molecule has 0 unspecified atom stereocenters. The normalized spacial score (nSPS) is 12.0. The second kappa shape index (κ2) is 12.3. The summed E-state index contributed by atoms with van der Waals surface area (Å²) < 4.78 is 45.1. The van der Waals surface area contributed by atoms with Gasteiger partial charge in [-0.3, -0.25) is 0 Å². The van der Waals surface area contributed by atoms with Gasteiger partial charge in [0.2, 0.25) is 0 Å². The van der Waals surface area contributed by atoms with Gasteiger partial charge in [-0.05, 0) is 53.4 Å². The molecule has 1 N–H and O–H groups in total. The predicted molar refractivity (Wildman–Crippen MR) is 124 cm³/mol. The summed E-state index contributed by atoms with van der Waals surface area (Å²) in [6.45, 7) is -1.66. The van der Waals surface area contributed by atoms with Crippen LogP contribution in [-0.2, 0) is 0 Å². The van der Waals surface area contributed by atoms with Crippen molar-refractivity contribution in [3.63, 3.8) is 0 Å². The minimum absolute atomic E-state index is 0. The Balaban J connectivity index is 0.00000363. The van der Waals surface area contributed by atoms with Crippen LogP contribution in [0.4, 0.5) is 12.9 Å². The molecule has 0 saturated heterocycles. The maximum atomic E-state index is 13.1. The molecule has 162 valence electrons. The van der Waals surface area contributed by atoms with Crippen molar-refractivity contribution in [2.24, 2.45) is 0 Å². The van der Waals surface area contributed by atoms with Crippen LogP contribution in [-0.4, -0.2) is 27.2 Å². The number of halogens is 3. The quantitative estimate of drug-likeness (QED) is 0.310. The second-order valence-corrected chi connectivity index (χ2v) is 7.25. The Morgan fingerprint density at radius 2 is 1.38 bits per heavy atom. The van der Waals surface area contributed by atoms with E-state index >= 15 is 0 Å². The van der Waals surface area contributed by atoms with Crippen LogP contribution < -0.4 is 45.1 Å². The maximum Gasteiger partial charge on any atom is 1.00 e. The summed E-state index contributed by atoms with van der Waals surface area (Å²) in [4.78, 5) is 0. The van der Waals surface area contributed by atoms with Crippen LogP contribution in [0.5, 0.6) is 5.75 Å². The van der Waals surface area contributed by atoms with Gasteiger partial charge in [-0.2, -0.15) is 0 Å². The molecule has 0 aliphatic carbocycles. The molecule has 0 aliphatic heterocycles. The fourth-order valence-electron chi connectivity index (χ4n) is 3.54. The zero-order valence-corrected chi connectivity index (χ0v) is 20.7. The van der Waals surface area contributed by atoms with Gasteiger partial charge in [0, 0.05) is 6.54 Å². The molecule has 3 aromatic carbocycles. The molecule has 0 saturated carbocycles. The van der Waals surface area contributed by atoms with Crippen LogP contribution in [0, 0.1) is 0 Å². The minimum Gasteiger partial charge on any atom is -0.492 e. The number of nitrogens with one attached hydrogen (secondary N) is 1. The first kappa shape index (κ1) is 26.3. The van der Waals surface area contributed by atoms with Crippen molar-refractivity contribution in [1.82, 2.24) is 5.32 Å². The summed E-state index contributed by atoms with van der Waals surface area (Å²) in [5, 5.41) is 3.03. The Morgan fingerprint density at radius 3 is 1.88 bits per heavy atom. The molecule has 0 bridgehead atoms. The molecule has 32 heavy (non-hydrogen) atoms. The van der Waals surface area contributed by atoms with Gasteiger partial charge in [-0.25, -0.2) is 0 Å². The van der Waals surface area contributed by atoms with Crippen LogP contribution in [0.15, 0.2) is 78.9 Å². The van der Waals surface area contributed by atoms with E-state index in [4.69, 9.17) is 4.74 Å². The predicted octanol–water partition coefficient (Wildman–Crippen LogP) is 2.71. The molecule has 0 fully saturated rings. The average molecular weight is 447 g/mol. The first-order valence-corrected chi connectivity index (χ1v) is 10.4. The SMILES string of the molecule is CC/C(=C(/c1ccc(OCCNC)cc1)c1ccc([B-](F)(F)F)cc1)c1ccccc1.[Na+]. The van der Waals surface area contributed by atoms with E-state index in [1.54, 1.807) is 12.1 Å². The van der Waals surface area contributed by atoms with Gasteiger partial charge in [0.1, 0.15) is 12.4 Å². The van der Waals surface area contributed by atoms with Crippen LogP contribution in [0.3, 0.4) is 0 Å². The molecule has 0 spiro atoms. The van der Waals surface area contributed by atoms with E-state index in [1.165, 1.54) is 12.1 Å². The largest absolute Gasteiger partial charge is 1.00 e. The molecule has 0 heterocycles. The Hall–Kier alpha value is -1.99. The van der Waals surface area contributed by atoms with Gasteiger partial charge in [0.05, 0.1) is 0 Å². The Kier molecular flexibility index (Phi) is 10.1. The van der Waals surface area contributed by atoms with Crippen LogP contribution in [0.2, 0.25) is 0 Å². The maximum absolute atomic E-state index is 13.1. The molecule has 3 aromatic rings. The molecule has 0 radical (unpaired) electrons. The number of ether oxygens (including phenoxy) is 1. The summed E-state index contributed by atoms with van der Waals surface area (Å²) in [5.41, 5.74) is 4.17. The number of likely N-dealkylation sites (N-methyl/N-ethyl adjacent to an activating group) is 1. The fraction of sp³-hybridized carbons (Fsp3) is 0.200. The molecule has 2 nitrogen and oxygen atoms in total. The summed E-state index contributed by atoms with van der Waals surface area (Å²) >= 11 is 0. The third kappa shape index (κ3) is 6.76. The first-order chi connectivity index (χ1) is 14.9. The Morgan fingerprint density at radius 1 is 0.812 bits per heavy atom. The van der Waals surface area contributed by atoms with E-state index in [0.29, 0.717) is 6.61 Å². The zero-order chi connectivity index (χ0) is 22.3. The van der Waals surface area contributed by atoms with E-state index < -0.39 is 12.4 Å². The third-order valence-electron chi connectivity index (χ3n) is 5.12. The van der Waals surface area contributed by atoms with Gasteiger partial charge in [-0.15, -0.1) is 5.46 Å². The molecule has 7 heteroatoms. The van der Waals surface area contributed by atoms with Crippen molar-refractivity contribution in [3.05, 3.63) is 95.6 Å². The summed E-state index contributed by atoms with van der Waals surface area (Å²) in [5.74, 6) is 0.756.